The van der Waals surface area contributed by atoms with Gasteiger partial charge in [0.2, 0.25) is 15.9 Å². The number of nitrogens with one attached hydrogen (secondary N) is 1. The number of carbonyl (C=O) groups excluding carboxylic acids is 1. The summed E-state index contributed by atoms with van der Waals surface area (Å²) >= 11 is 0. The molecule has 0 bridgehead atoms. The van der Waals surface area contributed by atoms with Gasteiger partial charge in [-0.1, -0.05) is 25.1 Å². The molecule has 3 aromatic rings. The first kappa shape index (κ1) is 24.3. The Hall–Kier alpha value is -2.78. The van der Waals surface area contributed by atoms with Crippen LogP contribution in [0.15, 0.2) is 47.4 Å². The lowest BCUT2D eigenvalue weighted by atomic mass is 10.1. The van der Waals surface area contributed by atoms with E-state index in [0.29, 0.717) is 30.6 Å². The number of sulfonamides is 1. The highest BCUT2D eigenvalue weighted by Gasteiger charge is 2.28. The molecule has 1 fully saturated rings. The van der Waals surface area contributed by atoms with Crippen molar-refractivity contribution >= 4 is 27.0 Å². The molecule has 1 N–H and O–H groups in total. The normalized spacial score (nSPS) is 15.6. The monoisotopic (exact) mass is 486 g/mol. The van der Waals surface area contributed by atoms with Gasteiger partial charge in [0.15, 0.2) is 0 Å². The summed E-state index contributed by atoms with van der Waals surface area (Å²) in [6, 6.07) is 11.1. The lowest BCUT2D eigenvalue weighted by molar-refractivity contribution is -0.121. The van der Waals surface area contributed by atoms with Crippen molar-refractivity contribution < 1.29 is 17.6 Å². The third kappa shape index (κ3) is 5.00. The van der Waals surface area contributed by atoms with E-state index in [1.54, 1.807) is 37.3 Å². The fraction of sp³-hybridized carbons (Fsp3) is 0.440. The first-order valence-corrected chi connectivity index (χ1v) is 13.3. The molecule has 0 saturated carbocycles. The fourth-order valence-electron chi connectivity index (χ4n) is 4.50. The molecule has 34 heavy (non-hydrogen) atoms. The van der Waals surface area contributed by atoms with Crippen molar-refractivity contribution in [3.8, 4) is 0 Å². The maximum Gasteiger partial charge on any atom is 0.243 e. The maximum atomic E-state index is 14.0. The number of aromatic nitrogens is 2. The zero-order valence-corrected chi connectivity index (χ0v) is 20.4. The van der Waals surface area contributed by atoms with E-state index in [1.165, 1.54) is 10.4 Å². The van der Waals surface area contributed by atoms with E-state index in [-0.39, 0.29) is 23.0 Å². The summed E-state index contributed by atoms with van der Waals surface area (Å²) in [6.45, 7) is 5.64. The van der Waals surface area contributed by atoms with Gasteiger partial charge in [-0.3, -0.25) is 4.79 Å². The lowest BCUT2D eigenvalue weighted by Gasteiger charge is -2.15. The van der Waals surface area contributed by atoms with Gasteiger partial charge in [-0.15, -0.1) is 0 Å². The highest BCUT2D eigenvalue weighted by Crippen LogP contribution is 2.26. The largest absolute Gasteiger partial charge is 0.349 e. The molecule has 4 rings (SSSR count). The van der Waals surface area contributed by atoms with E-state index in [0.717, 1.165) is 37.1 Å². The van der Waals surface area contributed by atoms with E-state index in [4.69, 9.17) is 4.98 Å². The Balaban J connectivity index is 1.51. The number of halogens is 1. The summed E-state index contributed by atoms with van der Waals surface area (Å²) in [5.74, 6) is 0.198. The topological polar surface area (TPSA) is 84.3 Å². The molecule has 1 aliphatic heterocycles. The molecule has 0 spiro atoms. The Bertz CT molecular complexity index is 1280. The second kappa shape index (κ2) is 10.2. The van der Waals surface area contributed by atoms with Gasteiger partial charge >= 0.3 is 0 Å². The van der Waals surface area contributed by atoms with Crippen LogP contribution < -0.4 is 5.32 Å². The van der Waals surface area contributed by atoms with Gasteiger partial charge in [0.1, 0.15) is 11.6 Å². The Kier molecular flexibility index (Phi) is 7.33. The summed E-state index contributed by atoms with van der Waals surface area (Å²) in [4.78, 5) is 17.5. The van der Waals surface area contributed by atoms with Crippen LogP contribution in [0.4, 0.5) is 4.39 Å². The number of rotatable bonds is 9. The van der Waals surface area contributed by atoms with Crippen molar-refractivity contribution in [2.24, 2.45) is 0 Å². The molecule has 9 heteroatoms. The number of hydrogen-bond donors (Lipinski definition) is 1. The van der Waals surface area contributed by atoms with E-state index in [1.807, 2.05) is 6.07 Å². The maximum absolute atomic E-state index is 14.0. The van der Waals surface area contributed by atoms with E-state index < -0.39 is 16.1 Å². The minimum absolute atomic E-state index is 0.192. The van der Waals surface area contributed by atoms with Crippen LogP contribution in [0.3, 0.4) is 0 Å². The van der Waals surface area contributed by atoms with E-state index in [2.05, 4.69) is 16.8 Å². The second-order valence-electron chi connectivity index (χ2n) is 8.75. The molecule has 1 atom stereocenters. The number of aryl methyl sites for hydroxylation is 2. The van der Waals surface area contributed by atoms with Crippen LogP contribution >= 0.6 is 0 Å². The van der Waals surface area contributed by atoms with Crippen LogP contribution in [0, 0.1) is 5.82 Å². The average molecular weight is 487 g/mol. The molecular weight excluding hydrogens is 455 g/mol. The van der Waals surface area contributed by atoms with Crippen molar-refractivity contribution in [2.45, 2.75) is 63.4 Å². The standard InChI is InChI=1S/C25H31FN4O3S/c1-3-14-30-23-11-10-19(34(32,33)29-15-6-7-16-29)17-22(23)28-24(30)12-13-25(31)27-18(2)20-8-4-5-9-21(20)26/h4-5,8-11,17-18H,3,6-7,12-16H2,1-2H3,(H,27,31). The van der Waals surface area contributed by atoms with E-state index in [9.17, 15) is 17.6 Å². The third-order valence-corrected chi connectivity index (χ3v) is 8.17. The van der Waals surface area contributed by atoms with Crippen LogP contribution in [0.2, 0.25) is 0 Å². The first-order valence-electron chi connectivity index (χ1n) is 11.8. The summed E-state index contributed by atoms with van der Waals surface area (Å²) in [5, 5.41) is 2.85. The molecule has 7 nitrogen and oxygen atoms in total. The number of imidazole rings is 1. The van der Waals surface area contributed by atoms with Crippen LogP contribution in [0.25, 0.3) is 11.0 Å². The number of amides is 1. The number of carbonyl (C=O) groups is 1. The predicted octanol–water partition coefficient (Wildman–Crippen LogP) is 4.18. The molecule has 1 amide bonds. The van der Waals surface area contributed by atoms with Crippen molar-refractivity contribution in [1.82, 2.24) is 19.2 Å². The Morgan fingerprint density at radius 2 is 1.91 bits per heavy atom. The number of fused-ring (bicyclic) bond motifs is 1. The van der Waals surface area contributed by atoms with Gasteiger partial charge in [0.05, 0.1) is 22.0 Å². The molecule has 182 valence electrons. The Morgan fingerprint density at radius 1 is 1.18 bits per heavy atom. The van der Waals surface area contributed by atoms with Gasteiger partial charge in [0, 0.05) is 38.0 Å². The molecule has 0 radical (unpaired) electrons. The van der Waals surface area contributed by atoms with Gasteiger partial charge < -0.3 is 9.88 Å². The second-order valence-corrected chi connectivity index (χ2v) is 10.7. The summed E-state index contributed by atoms with van der Waals surface area (Å²) in [6.07, 6.45) is 3.25. The summed E-state index contributed by atoms with van der Waals surface area (Å²) < 4.78 is 43.5. The Labute approximate surface area is 200 Å². The molecular formula is C25H31FN4O3S. The summed E-state index contributed by atoms with van der Waals surface area (Å²) in [7, 11) is -3.53. The lowest BCUT2D eigenvalue weighted by Crippen LogP contribution is -2.27. The van der Waals surface area contributed by atoms with Crippen LogP contribution in [-0.2, 0) is 27.8 Å². The Morgan fingerprint density at radius 3 is 2.62 bits per heavy atom. The van der Waals surface area contributed by atoms with Gasteiger partial charge in [-0.2, -0.15) is 4.31 Å². The molecule has 2 heterocycles. The van der Waals surface area contributed by atoms with Crippen molar-refractivity contribution in [3.63, 3.8) is 0 Å². The fourth-order valence-corrected chi connectivity index (χ4v) is 6.04. The third-order valence-electron chi connectivity index (χ3n) is 6.27. The van der Waals surface area contributed by atoms with Crippen LogP contribution in [-0.4, -0.2) is 41.3 Å². The zero-order valence-electron chi connectivity index (χ0n) is 19.6. The van der Waals surface area contributed by atoms with Crippen molar-refractivity contribution in [1.29, 1.82) is 0 Å². The molecule has 2 aromatic carbocycles. The smallest absolute Gasteiger partial charge is 0.243 e. The molecule has 1 aromatic heterocycles. The van der Waals surface area contributed by atoms with Crippen molar-refractivity contribution in [3.05, 3.63) is 59.7 Å². The predicted molar refractivity (Wildman–Crippen MR) is 129 cm³/mol. The number of hydrogen-bond acceptors (Lipinski definition) is 4. The highest BCUT2D eigenvalue weighted by atomic mass is 32.2. The average Bonchev–Trinajstić information content (AvgIpc) is 3.47. The molecule has 1 saturated heterocycles. The quantitative estimate of drug-likeness (QED) is 0.492. The minimum atomic E-state index is -3.53. The number of benzene rings is 2. The minimum Gasteiger partial charge on any atom is -0.349 e. The highest BCUT2D eigenvalue weighted by molar-refractivity contribution is 7.89. The summed E-state index contributed by atoms with van der Waals surface area (Å²) in [5.41, 5.74) is 1.92. The number of nitrogens with zero attached hydrogens (tertiary/aromatic N) is 3. The van der Waals surface area contributed by atoms with Crippen LogP contribution in [0.5, 0.6) is 0 Å². The molecule has 0 aliphatic carbocycles. The molecule has 1 aliphatic rings. The first-order chi connectivity index (χ1) is 16.3. The molecule has 1 unspecified atom stereocenters. The van der Waals surface area contributed by atoms with Crippen LogP contribution in [0.1, 0.15) is 57.0 Å². The van der Waals surface area contributed by atoms with Gasteiger partial charge in [0.25, 0.3) is 0 Å². The SMILES string of the molecule is CCCn1c(CCC(=O)NC(C)c2ccccc2F)nc2cc(S(=O)(=O)N3CCCC3)ccc21. The van der Waals surface area contributed by atoms with Gasteiger partial charge in [-0.25, -0.2) is 17.8 Å². The zero-order chi connectivity index (χ0) is 24.3. The van der Waals surface area contributed by atoms with E-state index >= 15 is 0 Å². The van der Waals surface area contributed by atoms with Crippen molar-refractivity contribution in [2.75, 3.05) is 13.1 Å². The van der Waals surface area contributed by atoms with Gasteiger partial charge in [-0.05, 0) is 50.5 Å².